The van der Waals surface area contributed by atoms with E-state index in [9.17, 15) is 14.4 Å². The molecule has 394 valence electrons. The molecular weight excluding hydrogens is 853 g/mol. The highest BCUT2D eigenvalue weighted by Crippen LogP contribution is 2.14. The SMILES string of the molecule is CCCCC/C=C\C=C/CCCCCCCCC(=O)OCC(COC(=O)CCCCCCC\C=C/C=C\C=C/CCCCCCC)OC(=O)CCCCCCC\C=C/C=C\C=C/CCCCCCC. The van der Waals surface area contributed by atoms with Gasteiger partial charge in [-0.05, 0) is 96.3 Å². The van der Waals surface area contributed by atoms with E-state index < -0.39 is 6.10 Å². The second-order valence-corrected chi connectivity index (χ2v) is 19.0. The molecule has 69 heavy (non-hydrogen) atoms. The molecule has 0 saturated heterocycles. The van der Waals surface area contributed by atoms with Crippen molar-refractivity contribution in [1.82, 2.24) is 0 Å². The van der Waals surface area contributed by atoms with Crippen LogP contribution in [0.3, 0.4) is 0 Å². The van der Waals surface area contributed by atoms with Crippen LogP contribution in [0.5, 0.6) is 0 Å². The van der Waals surface area contributed by atoms with Crippen LogP contribution in [0.4, 0.5) is 0 Å². The lowest BCUT2D eigenvalue weighted by atomic mass is 10.1. The summed E-state index contributed by atoms with van der Waals surface area (Å²) in [7, 11) is 0. The van der Waals surface area contributed by atoms with Crippen LogP contribution in [0, 0.1) is 0 Å². The summed E-state index contributed by atoms with van der Waals surface area (Å²) in [5, 5.41) is 0. The summed E-state index contributed by atoms with van der Waals surface area (Å²) in [5.74, 6) is -0.947. The van der Waals surface area contributed by atoms with Crippen molar-refractivity contribution in [2.45, 2.75) is 271 Å². The van der Waals surface area contributed by atoms with Crippen LogP contribution >= 0.6 is 0 Å². The van der Waals surface area contributed by atoms with Gasteiger partial charge in [-0.25, -0.2) is 0 Å². The van der Waals surface area contributed by atoms with Crippen molar-refractivity contribution >= 4 is 17.9 Å². The van der Waals surface area contributed by atoms with Crippen LogP contribution < -0.4 is 0 Å². The number of hydrogen-bond donors (Lipinski definition) is 0. The van der Waals surface area contributed by atoms with E-state index in [4.69, 9.17) is 14.2 Å². The minimum atomic E-state index is -0.804. The lowest BCUT2D eigenvalue weighted by molar-refractivity contribution is -0.167. The Hall–Kier alpha value is -3.67. The molecule has 0 aromatic rings. The zero-order valence-corrected chi connectivity index (χ0v) is 45.0. The highest BCUT2D eigenvalue weighted by Gasteiger charge is 2.19. The Labute approximate surface area is 426 Å². The van der Waals surface area contributed by atoms with Crippen molar-refractivity contribution in [3.63, 3.8) is 0 Å². The average Bonchev–Trinajstić information content (AvgIpc) is 3.35. The molecule has 0 fully saturated rings. The molecule has 0 N–H and O–H groups in total. The Morgan fingerprint density at radius 2 is 0.522 bits per heavy atom. The average molecular weight is 960 g/mol. The standard InChI is InChI=1S/C63H106O6/c1-4-7-10-13-16-19-22-25-28-30-32-35-38-41-44-47-50-53-56-62(65)68-59-60(58-67-61(64)55-52-49-46-43-40-37-34-27-24-21-18-15-12-9-6-3)69-63(66)57-54-51-48-45-42-39-36-33-31-29-26-23-20-17-14-11-8-5-2/h18,21-33,35-36,60H,4-17,19-20,34,37-59H2,1-3H3/b21-18-,25-22-,26-23-,27-24-,30-28-,31-29-,35-32-,36-33-. The Bertz CT molecular complexity index is 1380. The van der Waals surface area contributed by atoms with E-state index in [-0.39, 0.29) is 31.1 Å². The number of rotatable bonds is 51. The fraction of sp³-hybridized carbons (Fsp3) is 0.698. The number of hydrogen-bond acceptors (Lipinski definition) is 6. The second kappa shape index (κ2) is 56.9. The van der Waals surface area contributed by atoms with Crippen LogP contribution in [0.25, 0.3) is 0 Å². The zero-order valence-electron chi connectivity index (χ0n) is 45.0. The largest absolute Gasteiger partial charge is 0.462 e. The summed E-state index contributed by atoms with van der Waals surface area (Å²) < 4.78 is 16.8. The molecule has 0 heterocycles. The van der Waals surface area contributed by atoms with Crippen molar-refractivity contribution in [1.29, 1.82) is 0 Å². The maximum absolute atomic E-state index is 12.9. The van der Waals surface area contributed by atoms with Gasteiger partial charge in [0.15, 0.2) is 6.10 Å². The summed E-state index contributed by atoms with van der Waals surface area (Å²) in [6, 6.07) is 0. The van der Waals surface area contributed by atoms with Gasteiger partial charge in [-0.15, -0.1) is 0 Å². The van der Waals surface area contributed by atoms with E-state index in [1.807, 2.05) is 0 Å². The van der Waals surface area contributed by atoms with E-state index in [0.29, 0.717) is 19.3 Å². The fourth-order valence-corrected chi connectivity index (χ4v) is 7.79. The third-order valence-electron chi connectivity index (χ3n) is 12.2. The molecule has 0 radical (unpaired) electrons. The van der Waals surface area contributed by atoms with Crippen LogP contribution in [0.15, 0.2) is 97.2 Å². The lowest BCUT2D eigenvalue weighted by Gasteiger charge is -2.18. The molecule has 0 rings (SSSR count). The minimum absolute atomic E-state index is 0.0997. The maximum atomic E-state index is 12.9. The van der Waals surface area contributed by atoms with E-state index >= 15 is 0 Å². The van der Waals surface area contributed by atoms with Crippen molar-refractivity contribution in [3.05, 3.63) is 97.2 Å². The summed E-state index contributed by atoms with van der Waals surface area (Å²) >= 11 is 0. The van der Waals surface area contributed by atoms with E-state index in [0.717, 1.165) is 116 Å². The Morgan fingerprint density at radius 1 is 0.290 bits per heavy atom. The number of ether oxygens (including phenoxy) is 3. The van der Waals surface area contributed by atoms with Crippen molar-refractivity contribution < 1.29 is 28.6 Å². The van der Waals surface area contributed by atoms with Gasteiger partial charge in [0.1, 0.15) is 13.2 Å². The molecule has 0 aliphatic rings. The maximum Gasteiger partial charge on any atom is 0.306 e. The molecule has 0 aromatic carbocycles. The van der Waals surface area contributed by atoms with Crippen LogP contribution in [0.2, 0.25) is 0 Å². The van der Waals surface area contributed by atoms with Gasteiger partial charge in [0, 0.05) is 19.3 Å². The third kappa shape index (κ3) is 55.1. The fourth-order valence-electron chi connectivity index (χ4n) is 7.79. The topological polar surface area (TPSA) is 78.9 Å². The summed E-state index contributed by atoms with van der Waals surface area (Å²) in [6.07, 6.45) is 75.2. The Kier molecular flexibility index (Phi) is 53.9. The van der Waals surface area contributed by atoms with Crippen LogP contribution in [-0.4, -0.2) is 37.2 Å². The number of carbonyl (C=O) groups is 3. The first-order valence-electron chi connectivity index (χ1n) is 28.8. The number of carbonyl (C=O) groups excluding carboxylic acids is 3. The molecule has 1 atom stereocenters. The van der Waals surface area contributed by atoms with Crippen molar-refractivity contribution in [2.75, 3.05) is 13.2 Å². The number of allylic oxidation sites excluding steroid dienone is 16. The molecule has 1 unspecified atom stereocenters. The van der Waals surface area contributed by atoms with Crippen molar-refractivity contribution in [3.8, 4) is 0 Å². The Morgan fingerprint density at radius 3 is 0.841 bits per heavy atom. The van der Waals surface area contributed by atoms with Gasteiger partial charge in [0.25, 0.3) is 0 Å². The van der Waals surface area contributed by atoms with E-state index in [1.165, 1.54) is 109 Å². The van der Waals surface area contributed by atoms with Gasteiger partial charge in [0.2, 0.25) is 0 Å². The predicted octanol–water partition coefficient (Wildman–Crippen LogP) is 19.3. The first-order valence-corrected chi connectivity index (χ1v) is 28.8. The molecule has 0 aromatic heterocycles. The monoisotopic (exact) mass is 959 g/mol. The molecule has 6 nitrogen and oxygen atoms in total. The van der Waals surface area contributed by atoms with Gasteiger partial charge in [-0.2, -0.15) is 0 Å². The van der Waals surface area contributed by atoms with Gasteiger partial charge < -0.3 is 14.2 Å². The Balaban J connectivity index is 4.50. The zero-order chi connectivity index (χ0) is 50.0. The summed E-state index contributed by atoms with van der Waals surface area (Å²) in [6.45, 7) is 6.54. The lowest BCUT2D eigenvalue weighted by Crippen LogP contribution is -2.30. The molecule has 0 spiro atoms. The van der Waals surface area contributed by atoms with Gasteiger partial charge in [-0.3, -0.25) is 14.4 Å². The highest BCUT2D eigenvalue weighted by atomic mass is 16.6. The molecule has 6 heteroatoms. The molecule has 0 bridgehead atoms. The quantitative estimate of drug-likeness (QED) is 0.0262. The summed E-state index contributed by atoms with van der Waals surface area (Å²) in [5.41, 5.74) is 0. The van der Waals surface area contributed by atoms with Crippen molar-refractivity contribution in [2.24, 2.45) is 0 Å². The first kappa shape index (κ1) is 65.3. The van der Waals surface area contributed by atoms with E-state index in [1.54, 1.807) is 0 Å². The molecular formula is C63H106O6. The van der Waals surface area contributed by atoms with Gasteiger partial charge in [-0.1, -0.05) is 246 Å². The molecule has 0 aliphatic heterocycles. The number of esters is 3. The molecule has 0 saturated carbocycles. The highest BCUT2D eigenvalue weighted by molar-refractivity contribution is 5.71. The van der Waals surface area contributed by atoms with E-state index in [2.05, 4.69) is 118 Å². The predicted molar refractivity (Wildman–Crippen MR) is 297 cm³/mol. The molecule has 0 aliphatic carbocycles. The van der Waals surface area contributed by atoms with Gasteiger partial charge in [0.05, 0.1) is 0 Å². The summed E-state index contributed by atoms with van der Waals surface area (Å²) in [4.78, 5) is 38.2. The second-order valence-electron chi connectivity index (χ2n) is 19.0. The number of unbranched alkanes of at least 4 members (excludes halogenated alkanes) is 29. The molecule has 0 amide bonds. The van der Waals surface area contributed by atoms with Crippen LogP contribution in [-0.2, 0) is 28.6 Å². The van der Waals surface area contributed by atoms with Gasteiger partial charge >= 0.3 is 17.9 Å². The minimum Gasteiger partial charge on any atom is -0.462 e. The smallest absolute Gasteiger partial charge is 0.306 e. The third-order valence-corrected chi connectivity index (χ3v) is 12.2. The first-order chi connectivity index (χ1) is 34.0. The van der Waals surface area contributed by atoms with Crippen LogP contribution in [0.1, 0.15) is 265 Å². The normalized spacial score (nSPS) is 12.8.